The van der Waals surface area contributed by atoms with E-state index >= 15 is 0 Å². The summed E-state index contributed by atoms with van der Waals surface area (Å²) in [4.78, 5) is 26.1. The molecular weight excluding hydrogens is 444 g/mol. The van der Waals surface area contributed by atoms with Crippen molar-refractivity contribution in [3.63, 3.8) is 0 Å². The van der Waals surface area contributed by atoms with Crippen molar-refractivity contribution in [1.82, 2.24) is 0 Å². The first-order valence-electron chi connectivity index (χ1n) is 7.19. The minimum absolute atomic E-state index is 0.0786. The molecule has 0 spiro atoms. The molecule has 0 aromatic heterocycles. The van der Waals surface area contributed by atoms with Gasteiger partial charge in [0, 0.05) is 14.0 Å². The molecule has 1 heterocycles. The Hall–Kier alpha value is -1.61. The quantitative estimate of drug-likeness (QED) is 0.708. The minimum Gasteiger partial charge on any atom is -0.481 e. The second-order valence-corrected chi connectivity index (χ2v) is 7.72. The number of hydrogen-bond acceptors (Lipinski definition) is 3. The van der Waals surface area contributed by atoms with Gasteiger partial charge in [0.05, 0.1) is 23.9 Å². The Morgan fingerprint density at radius 3 is 2.75 bits per heavy atom. The third-order valence-corrected chi connectivity index (χ3v) is 5.77. The number of amides is 1. The van der Waals surface area contributed by atoms with Gasteiger partial charge in [-0.05, 0) is 40.8 Å². The number of anilines is 1. The molecule has 1 atom stereocenters. The summed E-state index contributed by atoms with van der Waals surface area (Å²) in [6.45, 7) is 0.0786. The highest BCUT2D eigenvalue weighted by Crippen LogP contribution is 2.41. The Morgan fingerprint density at radius 2 is 2.00 bits per heavy atom. The average Bonchev–Trinajstić information content (AvgIpc) is 2.55. The second kappa shape index (κ2) is 7.10. The normalized spacial score (nSPS) is 16.8. The van der Waals surface area contributed by atoms with Crippen LogP contribution >= 0.6 is 34.4 Å². The molecule has 0 saturated carbocycles. The summed E-state index contributed by atoms with van der Waals surface area (Å²) in [6, 6.07) is 12.3. The van der Waals surface area contributed by atoms with E-state index in [2.05, 4.69) is 0 Å². The number of aliphatic carboxylic acids is 1. The molecule has 2 aromatic carbocycles. The third kappa shape index (κ3) is 3.41. The lowest BCUT2D eigenvalue weighted by Crippen LogP contribution is -2.41. The Kier molecular flexibility index (Phi) is 5.09. The number of carbonyl (C=O) groups is 2. The van der Waals surface area contributed by atoms with Crippen molar-refractivity contribution in [3.8, 4) is 0 Å². The van der Waals surface area contributed by atoms with Gasteiger partial charge in [-0.2, -0.15) is 0 Å². The summed E-state index contributed by atoms with van der Waals surface area (Å²) in [5, 5.41) is 8.34. The molecule has 0 bridgehead atoms. The average molecular weight is 457 g/mol. The molecule has 0 saturated heterocycles. The monoisotopic (exact) mass is 457 g/mol. The number of fused-ring (bicyclic) bond motifs is 1. The molecule has 1 unspecified atom stereocenters. The number of hydrogen-bond donors (Lipinski definition) is 1. The van der Waals surface area contributed by atoms with Crippen LogP contribution in [0.4, 0.5) is 10.1 Å². The van der Waals surface area contributed by atoms with Crippen LogP contribution in [0.15, 0.2) is 47.4 Å². The minimum atomic E-state index is -1.03. The summed E-state index contributed by atoms with van der Waals surface area (Å²) in [6.07, 6.45) is -0.261. The predicted molar refractivity (Wildman–Crippen MR) is 98.6 cm³/mol. The Labute approximate surface area is 156 Å². The third-order valence-electron chi connectivity index (χ3n) is 3.69. The van der Waals surface area contributed by atoms with Gasteiger partial charge in [-0.1, -0.05) is 24.3 Å². The van der Waals surface area contributed by atoms with Crippen molar-refractivity contribution < 1.29 is 19.1 Å². The van der Waals surface area contributed by atoms with Crippen LogP contribution in [0.3, 0.4) is 0 Å². The summed E-state index contributed by atoms with van der Waals surface area (Å²) in [7, 11) is 0. The van der Waals surface area contributed by atoms with Crippen LogP contribution in [0.2, 0.25) is 0 Å². The fraction of sp³-hybridized carbons (Fsp3) is 0.176. The molecule has 1 amide bonds. The number of nitrogens with zero attached hydrogens (tertiary/aromatic N) is 1. The Balaban J connectivity index is 1.99. The van der Waals surface area contributed by atoms with Gasteiger partial charge < -0.3 is 10.0 Å². The highest BCUT2D eigenvalue weighted by molar-refractivity contribution is 14.1. The fourth-order valence-electron chi connectivity index (χ4n) is 2.57. The molecule has 4 nitrogen and oxygen atoms in total. The molecule has 1 aliphatic heterocycles. The number of thioether (sulfide) groups is 1. The van der Waals surface area contributed by atoms with Gasteiger partial charge in [-0.3, -0.25) is 9.59 Å². The highest BCUT2D eigenvalue weighted by Gasteiger charge is 2.35. The number of rotatable bonds is 4. The van der Waals surface area contributed by atoms with Crippen LogP contribution in [-0.2, 0) is 16.1 Å². The van der Waals surface area contributed by atoms with Crippen LogP contribution in [0, 0.1) is 9.39 Å². The molecule has 7 heteroatoms. The van der Waals surface area contributed by atoms with Gasteiger partial charge in [0.1, 0.15) is 5.82 Å². The van der Waals surface area contributed by atoms with Crippen molar-refractivity contribution in [3.05, 3.63) is 57.4 Å². The molecule has 3 rings (SSSR count). The smallest absolute Gasteiger partial charge is 0.305 e. The van der Waals surface area contributed by atoms with Crippen LogP contribution in [-0.4, -0.2) is 22.2 Å². The van der Waals surface area contributed by atoms with E-state index in [4.69, 9.17) is 5.11 Å². The summed E-state index contributed by atoms with van der Waals surface area (Å²) >= 11 is 3.16. The summed E-state index contributed by atoms with van der Waals surface area (Å²) < 4.78 is 14.8. The van der Waals surface area contributed by atoms with Crippen molar-refractivity contribution in [2.24, 2.45) is 0 Å². The van der Waals surface area contributed by atoms with Crippen molar-refractivity contribution in [2.45, 2.75) is 23.1 Å². The molecule has 1 N–H and O–H groups in total. The lowest BCUT2D eigenvalue weighted by atomic mass is 10.1. The topological polar surface area (TPSA) is 57.6 Å². The number of carbonyl (C=O) groups excluding carboxylic acids is 1. The van der Waals surface area contributed by atoms with Crippen LogP contribution in [0.5, 0.6) is 0 Å². The maximum absolute atomic E-state index is 14.3. The molecule has 0 radical (unpaired) electrons. The van der Waals surface area contributed by atoms with E-state index in [-0.39, 0.29) is 24.7 Å². The Morgan fingerprint density at radius 1 is 1.25 bits per heavy atom. The number of carboxylic acids is 1. The van der Waals surface area contributed by atoms with E-state index in [1.807, 2.05) is 40.8 Å². The zero-order valence-electron chi connectivity index (χ0n) is 12.4. The standard InChI is InChI=1S/C17H13FINO3S/c18-16-10(4-3-5-11(16)19)9-20-12-6-1-2-7-13(12)24-14(17(20)23)8-15(21)22/h1-7,14H,8-9H2,(H,21,22). The van der Waals surface area contributed by atoms with Crippen LogP contribution < -0.4 is 4.90 Å². The first-order chi connectivity index (χ1) is 11.5. The predicted octanol–water partition coefficient (Wildman–Crippen LogP) is 3.91. The molecule has 24 heavy (non-hydrogen) atoms. The van der Waals surface area contributed by atoms with Gasteiger partial charge in [-0.15, -0.1) is 11.8 Å². The maximum Gasteiger partial charge on any atom is 0.305 e. The van der Waals surface area contributed by atoms with E-state index in [0.29, 0.717) is 14.8 Å². The zero-order chi connectivity index (χ0) is 17.3. The van der Waals surface area contributed by atoms with E-state index in [1.54, 1.807) is 24.3 Å². The van der Waals surface area contributed by atoms with Crippen LogP contribution in [0.25, 0.3) is 0 Å². The molecule has 0 fully saturated rings. The lowest BCUT2D eigenvalue weighted by molar-refractivity contribution is -0.138. The van der Waals surface area contributed by atoms with Crippen LogP contribution in [0.1, 0.15) is 12.0 Å². The van der Waals surface area contributed by atoms with Gasteiger partial charge in [0.2, 0.25) is 5.91 Å². The fourth-order valence-corrected chi connectivity index (χ4v) is 4.34. The molecule has 124 valence electrons. The lowest BCUT2D eigenvalue weighted by Gasteiger charge is -2.33. The Bertz CT molecular complexity index is 814. The van der Waals surface area contributed by atoms with E-state index in [0.717, 1.165) is 4.90 Å². The van der Waals surface area contributed by atoms with E-state index in [9.17, 15) is 14.0 Å². The highest BCUT2D eigenvalue weighted by atomic mass is 127. The van der Waals surface area contributed by atoms with Gasteiger partial charge in [-0.25, -0.2) is 4.39 Å². The van der Waals surface area contributed by atoms with Gasteiger partial charge in [0.15, 0.2) is 0 Å². The zero-order valence-corrected chi connectivity index (χ0v) is 15.4. The molecule has 2 aromatic rings. The SMILES string of the molecule is O=C(O)CC1Sc2ccccc2N(Cc2cccc(I)c2F)C1=O. The van der Waals surface area contributed by atoms with Gasteiger partial charge >= 0.3 is 5.97 Å². The van der Waals surface area contributed by atoms with E-state index in [1.165, 1.54) is 16.7 Å². The largest absolute Gasteiger partial charge is 0.481 e. The van der Waals surface area contributed by atoms with Crippen molar-refractivity contribution >= 4 is 51.9 Å². The maximum atomic E-state index is 14.3. The van der Waals surface area contributed by atoms with Crippen molar-refractivity contribution in [2.75, 3.05) is 4.90 Å². The van der Waals surface area contributed by atoms with Gasteiger partial charge in [0.25, 0.3) is 0 Å². The molecule has 1 aliphatic rings. The number of benzene rings is 2. The van der Waals surface area contributed by atoms with E-state index < -0.39 is 11.2 Å². The summed E-state index contributed by atoms with van der Waals surface area (Å²) in [5.41, 5.74) is 1.10. The number of carboxylic acid groups (broad SMARTS) is 1. The number of halogens is 2. The molecule has 0 aliphatic carbocycles. The first-order valence-corrected chi connectivity index (χ1v) is 9.15. The van der Waals surface area contributed by atoms with Crippen molar-refractivity contribution in [1.29, 1.82) is 0 Å². The second-order valence-electron chi connectivity index (χ2n) is 5.31. The first kappa shape index (κ1) is 17.2. The number of para-hydroxylation sites is 1. The summed E-state index contributed by atoms with van der Waals surface area (Å²) in [5.74, 6) is -1.68. The molecular formula is C17H13FINO3S.